The second kappa shape index (κ2) is 9.93. The second-order valence-electron chi connectivity index (χ2n) is 7.98. The molecule has 1 aliphatic rings. The van der Waals surface area contributed by atoms with Gasteiger partial charge in [-0.1, -0.05) is 66.4 Å². The molecule has 1 N–H and O–H groups in total. The van der Waals surface area contributed by atoms with Crippen LogP contribution < -0.4 is 5.32 Å². The first kappa shape index (κ1) is 21.4. The summed E-state index contributed by atoms with van der Waals surface area (Å²) >= 11 is 6.13. The van der Waals surface area contributed by atoms with Crippen LogP contribution >= 0.6 is 11.6 Å². The standard InChI is InChI=1S/C24H29ClN2O2/c1-17-7-5-8-19(13-17)15-23(28)27(16-20-9-6-10-21(25)14-20)18(2)24(29)26-22-11-3-4-12-22/h5-10,13-14,18,22H,3-4,11-12,15-16H2,1-2H3,(H,26,29)/t18-/m1/s1. The summed E-state index contributed by atoms with van der Waals surface area (Å²) in [4.78, 5) is 27.8. The number of nitrogens with zero attached hydrogens (tertiary/aromatic N) is 1. The molecule has 0 radical (unpaired) electrons. The minimum Gasteiger partial charge on any atom is -0.352 e. The molecule has 0 saturated heterocycles. The zero-order valence-electron chi connectivity index (χ0n) is 17.2. The van der Waals surface area contributed by atoms with E-state index in [2.05, 4.69) is 5.32 Å². The lowest BCUT2D eigenvalue weighted by Crippen LogP contribution is -2.50. The maximum Gasteiger partial charge on any atom is 0.242 e. The highest BCUT2D eigenvalue weighted by Gasteiger charge is 2.28. The highest BCUT2D eigenvalue weighted by molar-refractivity contribution is 6.30. The molecule has 0 aliphatic heterocycles. The Morgan fingerprint density at radius 1 is 1.10 bits per heavy atom. The van der Waals surface area contributed by atoms with E-state index in [-0.39, 0.29) is 24.3 Å². The van der Waals surface area contributed by atoms with Crippen LogP contribution in [0.5, 0.6) is 0 Å². The number of benzene rings is 2. The van der Waals surface area contributed by atoms with E-state index in [1.165, 1.54) is 0 Å². The molecule has 5 heteroatoms. The van der Waals surface area contributed by atoms with Gasteiger partial charge >= 0.3 is 0 Å². The lowest BCUT2D eigenvalue weighted by atomic mass is 10.1. The van der Waals surface area contributed by atoms with Crippen molar-refractivity contribution in [2.45, 2.75) is 64.6 Å². The van der Waals surface area contributed by atoms with Gasteiger partial charge in [0, 0.05) is 17.6 Å². The van der Waals surface area contributed by atoms with Crippen LogP contribution in [0.1, 0.15) is 49.3 Å². The van der Waals surface area contributed by atoms with Crippen molar-refractivity contribution in [3.05, 3.63) is 70.2 Å². The van der Waals surface area contributed by atoms with Gasteiger partial charge in [-0.05, 0) is 49.9 Å². The number of halogens is 1. The summed E-state index contributed by atoms with van der Waals surface area (Å²) < 4.78 is 0. The molecule has 0 aromatic heterocycles. The molecule has 0 spiro atoms. The molecule has 1 saturated carbocycles. The van der Waals surface area contributed by atoms with Crippen molar-refractivity contribution >= 4 is 23.4 Å². The molecule has 0 heterocycles. The van der Waals surface area contributed by atoms with Gasteiger partial charge in [-0.15, -0.1) is 0 Å². The fourth-order valence-electron chi connectivity index (χ4n) is 3.90. The molecule has 3 rings (SSSR count). The molecule has 2 amide bonds. The van der Waals surface area contributed by atoms with Crippen LogP contribution in [-0.2, 0) is 22.6 Å². The summed E-state index contributed by atoms with van der Waals surface area (Å²) in [6.07, 6.45) is 4.60. The van der Waals surface area contributed by atoms with Crippen LogP contribution in [0.3, 0.4) is 0 Å². The smallest absolute Gasteiger partial charge is 0.242 e. The number of amides is 2. The number of rotatable bonds is 7. The maximum absolute atomic E-state index is 13.2. The minimum absolute atomic E-state index is 0.0651. The van der Waals surface area contributed by atoms with Crippen molar-refractivity contribution in [2.75, 3.05) is 0 Å². The molecule has 4 nitrogen and oxygen atoms in total. The quantitative estimate of drug-likeness (QED) is 0.718. The Morgan fingerprint density at radius 3 is 2.48 bits per heavy atom. The number of carbonyl (C=O) groups is 2. The summed E-state index contributed by atoms with van der Waals surface area (Å²) in [5.41, 5.74) is 2.98. The third-order valence-corrected chi connectivity index (χ3v) is 5.78. The van der Waals surface area contributed by atoms with Crippen LogP contribution in [0, 0.1) is 6.92 Å². The monoisotopic (exact) mass is 412 g/mol. The summed E-state index contributed by atoms with van der Waals surface area (Å²) in [5.74, 6) is -0.152. The molecule has 0 unspecified atom stereocenters. The zero-order valence-corrected chi connectivity index (χ0v) is 17.9. The molecule has 1 atom stereocenters. The largest absolute Gasteiger partial charge is 0.352 e. The topological polar surface area (TPSA) is 49.4 Å². The van der Waals surface area contributed by atoms with Gasteiger partial charge in [0.15, 0.2) is 0 Å². The van der Waals surface area contributed by atoms with Crippen LogP contribution in [0.4, 0.5) is 0 Å². The van der Waals surface area contributed by atoms with E-state index in [4.69, 9.17) is 11.6 Å². The fraction of sp³-hybridized carbons (Fsp3) is 0.417. The number of carbonyl (C=O) groups excluding carboxylic acids is 2. The van der Waals surface area contributed by atoms with Crippen LogP contribution in [0.25, 0.3) is 0 Å². The highest BCUT2D eigenvalue weighted by Crippen LogP contribution is 2.19. The molecule has 1 fully saturated rings. The average Bonchev–Trinajstić information content (AvgIpc) is 3.18. The first-order valence-corrected chi connectivity index (χ1v) is 10.7. The Morgan fingerprint density at radius 2 is 1.79 bits per heavy atom. The van der Waals surface area contributed by atoms with Crippen molar-refractivity contribution in [1.29, 1.82) is 0 Å². The van der Waals surface area contributed by atoms with Gasteiger partial charge in [-0.25, -0.2) is 0 Å². The summed E-state index contributed by atoms with van der Waals surface area (Å²) in [6.45, 7) is 4.17. The molecule has 29 heavy (non-hydrogen) atoms. The van der Waals surface area contributed by atoms with E-state index in [1.54, 1.807) is 11.0 Å². The number of hydrogen-bond acceptors (Lipinski definition) is 2. The fourth-order valence-corrected chi connectivity index (χ4v) is 4.12. The van der Waals surface area contributed by atoms with E-state index in [0.29, 0.717) is 11.6 Å². The van der Waals surface area contributed by atoms with Gasteiger partial charge in [0.05, 0.1) is 6.42 Å². The Labute approximate surface area is 178 Å². The predicted molar refractivity (Wildman–Crippen MR) is 117 cm³/mol. The Kier molecular flexibility index (Phi) is 7.32. The first-order valence-electron chi connectivity index (χ1n) is 10.3. The second-order valence-corrected chi connectivity index (χ2v) is 8.42. The van der Waals surface area contributed by atoms with Crippen molar-refractivity contribution < 1.29 is 9.59 Å². The van der Waals surface area contributed by atoms with Gasteiger partial charge in [-0.3, -0.25) is 9.59 Å². The van der Waals surface area contributed by atoms with Crippen molar-refractivity contribution in [3.8, 4) is 0 Å². The van der Waals surface area contributed by atoms with Gasteiger partial charge < -0.3 is 10.2 Å². The van der Waals surface area contributed by atoms with Crippen LogP contribution in [-0.4, -0.2) is 28.8 Å². The maximum atomic E-state index is 13.2. The van der Waals surface area contributed by atoms with Crippen molar-refractivity contribution in [3.63, 3.8) is 0 Å². The number of nitrogens with one attached hydrogen (secondary N) is 1. The van der Waals surface area contributed by atoms with Gasteiger partial charge in [-0.2, -0.15) is 0 Å². The Hall–Kier alpha value is -2.33. The zero-order chi connectivity index (χ0) is 20.8. The lowest BCUT2D eigenvalue weighted by molar-refractivity contribution is -0.140. The van der Waals surface area contributed by atoms with E-state index in [9.17, 15) is 9.59 Å². The summed E-state index contributed by atoms with van der Waals surface area (Å²) in [5, 5.41) is 3.75. The lowest BCUT2D eigenvalue weighted by Gasteiger charge is -2.30. The van der Waals surface area contributed by atoms with E-state index < -0.39 is 6.04 Å². The van der Waals surface area contributed by atoms with Crippen molar-refractivity contribution in [1.82, 2.24) is 10.2 Å². The number of aryl methyl sites for hydroxylation is 1. The Balaban J connectivity index is 1.77. The first-order chi connectivity index (χ1) is 13.9. The van der Waals surface area contributed by atoms with Gasteiger partial charge in [0.1, 0.15) is 6.04 Å². The molecule has 2 aromatic carbocycles. The number of hydrogen-bond donors (Lipinski definition) is 1. The molecule has 154 valence electrons. The summed E-state index contributed by atoms with van der Waals surface area (Å²) in [7, 11) is 0. The minimum atomic E-state index is -0.549. The third kappa shape index (κ3) is 6.07. The van der Waals surface area contributed by atoms with Crippen LogP contribution in [0.15, 0.2) is 48.5 Å². The summed E-state index contributed by atoms with van der Waals surface area (Å²) in [6, 6.07) is 15.0. The average molecular weight is 413 g/mol. The normalized spacial score (nSPS) is 15.1. The Bertz CT molecular complexity index is 861. The third-order valence-electron chi connectivity index (χ3n) is 5.55. The van der Waals surface area contributed by atoms with Crippen LogP contribution in [0.2, 0.25) is 5.02 Å². The van der Waals surface area contributed by atoms with Crippen molar-refractivity contribution in [2.24, 2.45) is 0 Å². The molecule has 1 aliphatic carbocycles. The van der Waals surface area contributed by atoms with Gasteiger partial charge in [0.2, 0.25) is 11.8 Å². The molecular formula is C24H29ClN2O2. The molecule has 0 bridgehead atoms. The van der Waals surface area contributed by atoms with Gasteiger partial charge in [0.25, 0.3) is 0 Å². The predicted octanol–water partition coefficient (Wildman–Crippen LogP) is 4.67. The SMILES string of the molecule is Cc1cccc(CC(=O)N(Cc2cccc(Cl)c2)[C@H](C)C(=O)NC2CCCC2)c1. The molecule has 2 aromatic rings. The van der Waals surface area contributed by atoms with E-state index in [0.717, 1.165) is 42.4 Å². The molecular weight excluding hydrogens is 384 g/mol. The highest BCUT2D eigenvalue weighted by atomic mass is 35.5. The van der Waals surface area contributed by atoms with E-state index in [1.807, 2.05) is 56.3 Å². The van der Waals surface area contributed by atoms with E-state index >= 15 is 0 Å².